The van der Waals surface area contributed by atoms with Gasteiger partial charge in [-0.2, -0.15) is 5.26 Å². The van der Waals surface area contributed by atoms with Gasteiger partial charge in [0.25, 0.3) is 6.92 Å². The zero-order valence-corrected chi connectivity index (χ0v) is 16.6. The second-order valence-corrected chi connectivity index (χ2v) is 7.87. The molecule has 28 heavy (non-hydrogen) atoms. The molecule has 2 aromatic rings. The van der Waals surface area contributed by atoms with Gasteiger partial charge in [-0.25, -0.2) is 4.39 Å². The van der Waals surface area contributed by atoms with E-state index in [0.717, 1.165) is 5.56 Å². The standard InChI is InChI=1S/C21H22BClFNO3/c1-21(13-25,20(26)27)11-15(12-22(2)28)9-14-3-5-16(6-4-14)18-10-17(23)7-8-19(18)24/h3-8,10,15,28H,9,11-12H2,1-2H3,(H,26,27)/t15-,21?/m1/s1. The topological polar surface area (TPSA) is 81.3 Å². The first-order valence-electron chi connectivity index (χ1n) is 9.01. The van der Waals surface area contributed by atoms with Crippen LogP contribution in [-0.4, -0.2) is 23.0 Å². The third kappa shape index (κ3) is 5.57. The van der Waals surface area contributed by atoms with Crippen molar-refractivity contribution in [3.63, 3.8) is 0 Å². The molecule has 0 saturated carbocycles. The third-order valence-electron chi connectivity index (χ3n) is 4.81. The molecule has 0 aliphatic rings. The summed E-state index contributed by atoms with van der Waals surface area (Å²) >= 11 is 5.95. The van der Waals surface area contributed by atoms with Crippen LogP contribution < -0.4 is 0 Å². The number of rotatable bonds is 8. The van der Waals surface area contributed by atoms with Crippen LogP contribution in [0.3, 0.4) is 0 Å². The van der Waals surface area contributed by atoms with E-state index >= 15 is 0 Å². The summed E-state index contributed by atoms with van der Waals surface area (Å²) in [5, 5.41) is 28.9. The summed E-state index contributed by atoms with van der Waals surface area (Å²) in [7, 11) is 0. The van der Waals surface area contributed by atoms with Crippen molar-refractivity contribution in [2.75, 3.05) is 0 Å². The van der Waals surface area contributed by atoms with E-state index in [4.69, 9.17) is 11.6 Å². The maximum atomic E-state index is 14.0. The molecule has 0 amide bonds. The zero-order valence-electron chi connectivity index (χ0n) is 15.8. The molecule has 146 valence electrons. The molecule has 0 fully saturated rings. The normalized spacial score (nSPS) is 14.0. The Hall–Kier alpha value is -2.36. The minimum absolute atomic E-state index is 0.133. The number of nitrogens with zero attached hydrogens (tertiary/aromatic N) is 1. The number of hydrogen-bond acceptors (Lipinski definition) is 3. The van der Waals surface area contributed by atoms with Crippen LogP contribution in [0, 0.1) is 28.5 Å². The van der Waals surface area contributed by atoms with Gasteiger partial charge in [0.05, 0.1) is 6.07 Å². The van der Waals surface area contributed by atoms with Crippen LogP contribution >= 0.6 is 11.6 Å². The molecule has 7 heteroatoms. The molecular weight excluding hydrogens is 379 g/mol. The minimum Gasteiger partial charge on any atom is -0.480 e. The molecular formula is C21H22BClFNO3. The largest absolute Gasteiger partial charge is 0.480 e. The van der Waals surface area contributed by atoms with Crippen molar-refractivity contribution < 1.29 is 19.3 Å². The van der Waals surface area contributed by atoms with Crippen molar-refractivity contribution in [1.29, 1.82) is 5.26 Å². The molecule has 0 aliphatic carbocycles. The molecule has 2 rings (SSSR count). The summed E-state index contributed by atoms with van der Waals surface area (Å²) in [5.41, 5.74) is 0.497. The fourth-order valence-electron chi connectivity index (χ4n) is 3.35. The first kappa shape index (κ1) is 21.9. The van der Waals surface area contributed by atoms with Crippen LogP contribution in [-0.2, 0) is 11.2 Å². The Labute approximate surface area is 169 Å². The number of benzene rings is 2. The van der Waals surface area contributed by atoms with Crippen molar-refractivity contribution >= 4 is 24.5 Å². The number of carboxylic acids is 1. The van der Waals surface area contributed by atoms with Gasteiger partial charge in [0, 0.05) is 10.6 Å². The van der Waals surface area contributed by atoms with Crippen molar-refractivity contribution in [2.24, 2.45) is 11.3 Å². The van der Waals surface area contributed by atoms with Crippen molar-refractivity contribution in [3.05, 3.63) is 58.9 Å². The summed E-state index contributed by atoms with van der Waals surface area (Å²) in [6.45, 7) is 2.43. The van der Waals surface area contributed by atoms with Gasteiger partial charge in [0.1, 0.15) is 5.82 Å². The summed E-state index contributed by atoms with van der Waals surface area (Å²) < 4.78 is 14.0. The molecule has 4 nitrogen and oxygen atoms in total. The first-order chi connectivity index (χ1) is 13.1. The smallest absolute Gasteiger partial charge is 0.323 e. The molecule has 2 aromatic carbocycles. The predicted octanol–water partition coefficient (Wildman–Crippen LogP) is 4.92. The van der Waals surface area contributed by atoms with Crippen molar-refractivity contribution in [2.45, 2.75) is 32.9 Å². The summed E-state index contributed by atoms with van der Waals surface area (Å²) in [6.07, 6.45) is 1.03. The highest BCUT2D eigenvalue weighted by Gasteiger charge is 2.36. The highest BCUT2D eigenvalue weighted by molar-refractivity contribution is 6.48. The van der Waals surface area contributed by atoms with Crippen molar-refractivity contribution in [3.8, 4) is 17.2 Å². The van der Waals surface area contributed by atoms with E-state index in [0.29, 0.717) is 28.9 Å². The molecule has 0 heterocycles. The molecule has 0 aliphatic heterocycles. The molecule has 0 saturated heterocycles. The number of carboxylic acid groups (broad SMARTS) is 1. The average molecular weight is 402 g/mol. The van der Waals surface area contributed by atoms with Crippen molar-refractivity contribution in [1.82, 2.24) is 0 Å². The van der Waals surface area contributed by atoms with Gasteiger partial charge < -0.3 is 10.1 Å². The molecule has 2 N–H and O–H groups in total. The first-order valence-corrected chi connectivity index (χ1v) is 9.39. The highest BCUT2D eigenvalue weighted by Crippen LogP contribution is 2.32. The fraction of sp³-hybridized carbons (Fsp3) is 0.333. The lowest BCUT2D eigenvalue weighted by molar-refractivity contribution is -0.145. The van der Waals surface area contributed by atoms with Crippen LogP contribution in [0.4, 0.5) is 4.39 Å². The van der Waals surface area contributed by atoms with Crippen LogP contribution in [0.2, 0.25) is 18.2 Å². The zero-order chi connectivity index (χ0) is 20.9. The number of carbonyl (C=O) groups is 1. The second kappa shape index (κ2) is 9.23. The maximum Gasteiger partial charge on any atom is 0.323 e. The van der Waals surface area contributed by atoms with Crippen LogP contribution in [0.25, 0.3) is 11.1 Å². The van der Waals surface area contributed by atoms with E-state index in [1.807, 2.05) is 18.2 Å². The lowest BCUT2D eigenvalue weighted by Crippen LogP contribution is -2.30. The Bertz CT molecular complexity index is 882. The Morgan fingerprint density at radius 3 is 2.50 bits per heavy atom. The molecule has 2 atom stereocenters. The maximum absolute atomic E-state index is 14.0. The molecule has 1 unspecified atom stereocenters. The summed E-state index contributed by atoms with van der Waals surface area (Å²) in [6, 6.07) is 13.5. The number of hydrogen-bond donors (Lipinski definition) is 2. The minimum atomic E-state index is -1.51. The van der Waals surface area contributed by atoms with E-state index in [9.17, 15) is 24.6 Å². The molecule has 0 bridgehead atoms. The number of aliphatic carboxylic acids is 1. The SMILES string of the molecule is CB(O)C[C@H](Cc1ccc(-c2cc(Cl)ccc2F)cc1)CC(C)(C#N)C(=O)O. The highest BCUT2D eigenvalue weighted by atomic mass is 35.5. The Balaban J connectivity index is 2.22. The van der Waals surface area contributed by atoms with E-state index in [1.165, 1.54) is 19.1 Å². The monoisotopic (exact) mass is 401 g/mol. The summed E-state index contributed by atoms with van der Waals surface area (Å²) in [5.74, 6) is -1.72. The van der Waals surface area contributed by atoms with E-state index in [1.54, 1.807) is 25.0 Å². The lowest BCUT2D eigenvalue weighted by Gasteiger charge is -2.24. The van der Waals surface area contributed by atoms with Crippen LogP contribution in [0.5, 0.6) is 0 Å². The van der Waals surface area contributed by atoms with Crippen LogP contribution in [0.1, 0.15) is 18.9 Å². The van der Waals surface area contributed by atoms with E-state index in [2.05, 4.69) is 0 Å². The van der Waals surface area contributed by atoms with Crippen LogP contribution in [0.15, 0.2) is 42.5 Å². The van der Waals surface area contributed by atoms with Gasteiger partial charge in [0.2, 0.25) is 0 Å². The Morgan fingerprint density at radius 1 is 1.32 bits per heavy atom. The predicted molar refractivity (Wildman–Crippen MR) is 109 cm³/mol. The Morgan fingerprint density at radius 2 is 1.96 bits per heavy atom. The van der Waals surface area contributed by atoms with Gasteiger partial charge in [0.15, 0.2) is 5.41 Å². The third-order valence-corrected chi connectivity index (χ3v) is 5.04. The number of halogens is 2. The quantitative estimate of drug-likeness (QED) is 0.615. The molecule has 0 spiro atoms. The van der Waals surface area contributed by atoms with Gasteiger partial charge in [-0.05, 0) is 61.3 Å². The van der Waals surface area contributed by atoms with E-state index < -0.39 is 18.3 Å². The van der Waals surface area contributed by atoms with E-state index in [-0.39, 0.29) is 18.2 Å². The van der Waals surface area contributed by atoms with Gasteiger partial charge in [-0.3, -0.25) is 4.79 Å². The average Bonchev–Trinajstić information content (AvgIpc) is 2.63. The van der Waals surface area contributed by atoms with Gasteiger partial charge in [-0.1, -0.05) is 42.7 Å². The molecule has 0 radical (unpaired) electrons. The van der Waals surface area contributed by atoms with Gasteiger partial charge in [-0.15, -0.1) is 0 Å². The Kier molecular flexibility index (Phi) is 7.23. The lowest BCUT2D eigenvalue weighted by atomic mass is 9.60. The number of nitriles is 1. The van der Waals surface area contributed by atoms with Gasteiger partial charge >= 0.3 is 5.97 Å². The fourth-order valence-corrected chi connectivity index (χ4v) is 3.52. The molecule has 0 aromatic heterocycles. The summed E-state index contributed by atoms with van der Waals surface area (Å²) in [4.78, 5) is 11.5. The second-order valence-electron chi connectivity index (χ2n) is 7.43.